The molecule has 0 spiro atoms. The molecule has 3 rings (SSSR count). The fourth-order valence-corrected chi connectivity index (χ4v) is 2.55. The summed E-state index contributed by atoms with van der Waals surface area (Å²) in [5, 5.41) is 32.3. The minimum absolute atomic E-state index is 0.148. The lowest BCUT2D eigenvalue weighted by atomic mass is 9.88. The van der Waals surface area contributed by atoms with Crippen molar-refractivity contribution in [3.05, 3.63) is 53.6 Å². The van der Waals surface area contributed by atoms with E-state index in [1.165, 1.54) is 12.1 Å². The van der Waals surface area contributed by atoms with Gasteiger partial charge < -0.3 is 20.6 Å². The topological polar surface area (TPSA) is 107 Å². The van der Waals surface area contributed by atoms with E-state index in [0.29, 0.717) is 11.3 Å². The third-order valence-electron chi connectivity index (χ3n) is 3.69. The van der Waals surface area contributed by atoms with Crippen LogP contribution in [0.1, 0.15) is 22.3 Å². The summed E-state index contributed by atoms with van der Waals surface area (Å²) in [5.74, 6) is -1.85. The Morgan fingerprint density at radius 3 is 2.64 bits per heavy atom. The highest BCUT2D eigenvalue weighted by Crippen LogP contribution is 2.39. The number of para-hydroxylation sites is 1. The van der Waals surface area contributed by atoms with Gasteiger partial charge in [-0.05, 0) is 24.3 Å². The predicted molar refractivity (Wildman–Crippen MR) is 77.7 cm³/mol. The number of benzene rings is 2. The molecule has 1 atom stereocenters. The van der Waals surface area contributed by atoms with Crippen molar-refractivity contribution in [2.75, 3.05) is 5.32 Å². The maximum Gasteiger partial charge on any atom is 0.261 e. The highest BCUT2D eigenvalue weighted by Gasteiger charge is 2.46. The van der Waals surface area contributed by atoms with Crippen molar-refractivity contribution in [2.24, 2.45) is 0 Å². The molecular formula is C16H13NO5. The average Bonchev–Trinajstić information content (AvgIpc) is 2.73. The Kier molecular flexibility index (Phi) is 3.11. The molecule has 2 aromatic rings. The lowest BCUT2D eigenvalue weighted by Gasteiger charge is -2.20. The molecule has 2 aromatic carbocycles. The third-order valence-corrected chi connectivity index (χ3v) is 3.69. The lowest BCUT2D eigenvalue weighted by Crippen LogP contribution is -2.36. The molecule has 1 unspecified atom stereocenters. The highest BCUT2D eigenvalue weighted by molar-refractivity contribution is 6.10. The summed E-state index contributed by atoms with van der Waals surface area (Å²) < 4.78 is 0. The van der Waals surface area contributed by atoms with Crippen molar-refractivity contribution >= 4 is 17.4 Å². The van der Waals surface area contributed by atoms with E-state index >= 15 is 0 Å². The van der Waals surface area contributed by atoms with Crippen LogP contribution in [-0.2, 0) is 10.4 Å². The van der Waals surface area contributed by atoms with Gasteiger partial charge in [0.2, 0.25) is 0 Å². The Morgan fingerprint density at radius 1 is 1.14 bits per heavy atom. The average molecular weight is 299 g/mol. The van der Waals surface area contributed by atoms with Gasteiger partial charge >= 0.3 is 0 Å². The number of phenolic OH excluding ortho intramolecular Hbond substituents is 2. The van der Waals surface area contributed by atoms with Crippen LogP contribution in [0.3, 0.4) is 0 Å². The Bertz CT molecular complexity index is 786. The predicted octanol–water partition coefficient (Wildman–Crippen LogP) is 1.51. The summed E-state index contributed by atoms with van der Waals surface area (Å²) in [4.78, 5) is 24.4. The maximum absolute atomic E-state index is 12.3. The number of aromatic hydroxyl groups is 2. The molecule has 0 saturated heterocycles. The van der Waals surface area contributed by atoms with Crippen LogP contribution in [0, 0.1) is 0 Å². The normalized spacial score (nSPS) is 19.6. The number of aliphatic hydroxyl groups is 1. The summed E-state index contributed by atoms with van der Waals surface area (Å²) >= 11 is 0. The van der Waals surface area contributed by atoms with Gasteiger partial charge in [0.15, 0.2) is 11.4 Å². The fraction of sp³-hybridized carbons (Fsp3) is 0.125. The van der Waals surface area contributed by atoms with Crippen molar-refractivity contribution in [1.29, 1.82) is 0 Å². The molecule has 4 N–H and O–H groups in total. The summed E-state index contributed by atoms with van der Waals surface area (Å²) in [6.07, 6.45) is -0.535. The van der Waals surface area contributed by atoms with Crippen molar-refractivity contribution in [1.82, 2.24) is 0 Å². The van der Waals surface area contributed by atoms with Crippen LogP contribution >= 0.6 is 0 Å². The van der Waals surface area contributed by atoms with Gasteiger partial charge in [-0.25, -0.2) is 0 Å². The first-order valence-electron chi connectivity index (χ1n) is 6.60. The number of hydrogen-bond donors (Lipinski definition) is 4. The van der Waals surface area contributed by atoms with E-state index in [-0.39, 0.29) is 17.1 Å². The minimum atomic E-state index is -1.99. The van der Waals surface area contributed by atoms with E-state index in [1.807, 2.05) is 0 Å². The monoisotopic (exact) mass is 299 g/mol. The van der Waals surface area contributed by atoms with E-state index < -0.39 is 23.7 Å². The molecule has 0 aromatic heterocycles. The molecule has 0 radical (unpaired) electrons. The number of ketones is 1. The molecular weight excluding hydrogens is 286 g/mol. The zero-order valence-electron chi connectivity index (χ0n) is 11.4. The molecule has 6 nitrogen and oxygen atoms in total. The second-order valence-electron chi connectivity index (χ2n) is 5.16. The van der Waals surface area contributed by atoms with Crippen molar-refractivity contribution in [3.63, 3.8) is 0 Å². The number of carbonyl (C=O) groups excluding carboxylic acids is 2. The first-order chi connectivity index (χ1) is 10.4. The Morgan fingerprint density at radius 2 is 1.86 bits per heavy atom. The SMILES string of the molecule is O=C(CC1(O)C(=O)Nc2ccccc21)c1cc(O)ccc1O. The molecule has 0 aliphatic carbocycles. The van der Waals surface area contributed by atoms with Gasteiger partial charge in [0.25, 0.3) is 5.91 Å². The Labute approximate surface area is 125 Å². The molecule has 1 heterocycles. The zero-order valence-corrected chi connectivity index (χ0v) is 11.4. The van der Waals surface area contributed by atoms with Gasteiger partial charge in [-0.2, -0.15) is 0 Å². The number of amides is 1. The van der Waals surface area contributed by atoms with Crippen LogP contribution in [0.15, 0.2) is 42.5 Å². The first-order valence-corrected chi connectivity index (χ1v) is 6.60. The number of phenols is 2. The van der Waals surface area contributed by atoms with Crippen LogP contribution in [0.25, 0.3) is 0 Å². The highest BCUT2D eigenvalue weighted by atomic mass is 16.3. The van der Waals surface area contributed by atoms with Gasteiger partial charge in [0.05, 0.1) is 12.0 Å². The Balaban J connectivity index is 1.97. The number of rotatable bonds is 3. The molecule has 6 heteroatoms. The van der Waals surface area contributed by atoms with Gasteiger partial charge in [0.1, 0.15) is 11.5 Å². The van der Waals surface area contributed by atoms with Crippen LogP contribution in [0.4, 0.5) is 5.69 Å². The second kappa shape index (κ2) is 4.85. The maximum atomic E-state index is 12.3. The molecule has 1 aliphatic heterocycles. The van der Waals surface area contributed by atoms with E-state index in [9.17, 15) is 24.9 Å². The zero-order chi connectivity index (χ0) is 15.9. The molecule has 1 aliphatic rings. The minimum Gasteiger partial charge on any atom is -0.508 e. The van der Waals surface area contributed by atoms with Crippen molar-refractivity contribution in [2.45, 2.75) is 12.0 Å². The number of Topliss-reactive ketones (excluding diaryl/α,β-unsaturated/α-hetero) is 1. The van der Waals surface area contributed by atoms with E-state index in [1.54, 1.807) is 24.3 Å². The number of hydrogen-bond acceptors (Lipinski definition) is 5. The van der Waals surface area contributed by atoms with Crippen molar-refractivity contribution in [3.8, 4) is 11.5 Å². The summed E-state index contributed by atoms with van der Waals surface area (Å²) in [7, 11) is 0. The molecule has 1 amide bonds. The van der Waals surface area contributed by atoms with Gasteiger partial charge in [-0.15, -0.1) is 0 Å². The summed E-state index contributed by atoms with van der Waals surface area (Å²) in [5.41, 5.74) is -1.38. The first kappa shape index (κ1) is 14.1. The number of nitrogens with one attached hydrogen (secondary N) is 1. The standard InChI is InChI=1S/C16H13NO5/c18-9-5-6-13(19)10(7-9)14(20)8-16(22)11-3-1-2-4-12(11)17-15(16)21/h1-7,18-19,22H,8H2,(H,17,21). The molecule has 0 fully saturated rings. The quantitative estimate of drug-likeness (QED) is 0.507. The van der Waals surface area contributed by atoms with Gasteiger partial charge in [-0.3, -0.25) is 9.59 Å². The molecule has 0 bridgehead atoms. The van der Waals surface area contributed by atoms with E-state index in [0.717, 1.165) is 6.07 Å². The summed E-state index contributed by atoms with van der Waals surface area (Å²) in [6, 6.07) is 10.0. The second-order valence-corrected chi connectivity index (χ2v) is 5.16. The number of fused-ring (bicyclic) bond motifs is 1. The van der Waals surface area contributed by atoms with Gasteiger partial charge in [-0.1, -0.05) is 18.2 Å². The smallest absolute Gasteiger partial charge is 0.261 e. The molecule has 22 heavy (non-hydrogen) atoms. The summed E-state index contributed by atoms with van der Waals surface area (Å²) in [6.45, 7) is 0. The molecule has 0 saturated carbocycles. The lowest BCUT2D eigenvalue weighted by molar-refractivity contribution is -0.133. The van der Waals surface area contributed by atoms with Crippen LogP contribution in [0.5, 0.6) is 11.5 Å². The molecule has 112 valence electrons. The van der Waals surface area contributed by atoms with Crippen LogP contribution in [-0.4, -0.2) is 27.0 Å². The van der Waals surface area contributed by atoms with Crippen LogP contribution in [0.2, 0.25) is 0 Å². The third kappa shape index (κ3) is 2.10. The van der Waals surface area contributed by atoms with E-state index in [2.05, 4.69) is 5.32 Å². The van der Waals surface area contributed by atoms with E-state index in [4.69, 9.17) is 0 Å². The van der Waals surface area contributed by atoms with Crippen molar-refractivity contribution < 1.29 is 24.9 Å². The largest absolute Gasteiger partial charge is 0.508 e. The fourth-order valence-electron chi connectivity index (χ4n) is 2.55. The Hall–Kier alpha value is -2.86. The number of anilines is 1. The van der Waals surface area contributed by atoms with Crippen LogP contribution < -0.4 is 5.32 Å². The number of carbonyl (C=O) groups is 2. The van der Waals surface area contributed by atoms with Gasteiger partial charge in [0, 0.05) is 11.3 Å².